The smallest absolute Gasteiger partial charge is 0.161 e. The van der Waals surface area contributed by atoms with Gasteiger partial charge in [0.05, 0.1) is 19.8 Å². The summed E-state index contributed by atoms with van der Waals surface area (Å²) in [6.45, 7) is 10.1. The normalized spacial score (nSPS) is 10.9. The molecule has 0 atom stereocenters. The lowest BCUT2D eigenvalue weighted by molar-refractivity contribution is 0.199. The van der Waals surface area contributed by atoms with Crippen LogP contribution in [-0.4, -0.2) is 33.5 Å². The summed E-state index contributed by atoms with van der Waals surface area (Å²) in [5, 5.41) is 3.33. The van der Waals surface area contributed by atoms with E-state index in [2.05, 4.69) is 25.2 Å². The van der Waals surface area contributed by atoms with E-state index in [4.69, 9.17) is 14.2 Å². The Balaban J connectivity index is 2.58. The van der Waals surface area contributed by atoms with Crippen LogP contribution in [0, 0.1) is 5.92 Å². The Labute approximate surface area is 128 Å². The van der Waals surface area contributed by atoms with Crippen molar-refractivity contribution in [3.05, 3.63) is 23.8 Å². The van der Waals surface area contributed by atoms with Crippen molar-refractivity contribution in [2.75, 3.05) is 33.5 Å². The number of hydrogen-bond donors (Lipinski definition) is 1. The third-order valence-electron chi connectivity index (χ3n) is 3.07. The van der Waals surface area contributed by atoms with Crippen LogP contribution < -0.4 is 14.8 Å². The third-order valence-corrected chi connectivity index (χ3v) is 3.07. The minimum atomic E-state index is 0.640. The largest absolute Gasteiger partial charge is 0.490 e. The average molecular weight is 295 g/mol. The standard InChI is InChI=1S/C17H29NO3/c1-5-20-17-12-15(13-18-9-11-19-4)6-7-16(17)21-10-8-14(2)3/h6-7,12,14,18H,5,8-11,13H2,1-4H3. The molecule has 21 heavy (non-hydrogen) atoms. The number of nitrogens with one attached hydrogen (secondary N) is 1. The molecule has 0 aliphatic heterocycles. The summed E-state index contributed by atoms with van der Waals surface area (Å²) in [4.78, 5) is 0. The van der Waals surface area contributed by atoms with Crippen molar-refractivity contribution < 1.29 is 14.2 Å². The van der Waals surface area contributed by atoms with E-state index in [1.807, 2.05) is 19.1 Å². The molecule has 4 nitrogen and oxygen atoms in total. The molecule has 0 aromatic heterocycles. The molecule has 0 aliphatic rings. The van der Waals surface area contributed by atoms with Crippen LogP contribution in [0.25, 0.3) is 0 Å². The van der Waals surface area contributed by atoms with Crippen LogP contribution in [0.1, 0.15) is 32.8 Å². The van der Waals surface area contributed by atoms with Crippen LogP contribution in [0.3, 0.4) is 0 Å². The van der Waals surface area contributed by atoms with Gasteiger partial charge < -0.3 is 19.5 Å². The number of ether oxygens (including phenoxy) is 3. The molecule has 1 rings (SSSR count). The van der Waals surface area contributed by atoms with Crippen molar-refractivity contribution in [1.29, 1.82) is 0 Å². The minimum Gasteiger partial charge on any atom is -0.490 e. The number of rotatable bonds is 11. The lowest BCUT2D eigenvalue weighted by Crippen LogP contribution is -2.18. The van der Waals surface area contributed by atoms with Crippen molar-refractivity contribution in [3.63, 3.8) is 0 Å². The zero-order valence-corrected chi connectivity index (χ0v) is 13.8. The summed E-state index contributed by atoms with van der Waals surface area (Å²) in [6, 6.07) is 6.12. The summed E-state index contributed by atoms with van der Waals surface area (Å²) in [5.74, 6) is 2.30. The molecule has 0 saturated heterocycles. The molecular weight excluding hydrogens is 266 g/mol. The predicted octanol–water partition coefficient (Wildman–Crippen LogP) is 3.25. The molecule has 0 fully saturated rings. The number of hydrogen-bond acceptors (Lipinski definition) is 4. The second-order valence-electron chi connectivity index (χ2n) is 5.41. The molecule has 120 valence electrons. The third kappa shape index (κ3) is 7.34. The van der Waals surface area contributed by atoms with Gasteiger partial charge in [0.25, 0.3) is 0 Å². The van der Waals surface area contributed by atoms with E-state index in [1.54, 1.807) is 7.11 Å². The first kappa shape index (κ1) is 17.8. The molecule has 0 saturated carbocycles. The van der Waals surface area contributed by atoms with Crippen molar-refractivity contribution in [3.8, 4) is 11.5 Å². The first-order valence-corrected chi connectivity index (χ1v) is 7.75. The second-order valence-corrected chi connectivity index (χ2v) is 5.41. The fourth-order valence-electron chi connectivity index (χ4n) is 1.86. The summed E-state index contributed by atoms with van der Waals surface area (Å²) < 4.78 is 16.5. The summed E-state index contributed by atoms with van der Waals surface area (Å²) in [5.41, 5.74) is 1.19. The Hall–Kier alpha value is -1.26. The van der Waals surface area contributed by atoms with Gasteiger partial charge in [0, 0.05) is 20.2 Å². The number of benzene rings is 1. The lowest BCUT2D eigenvalue weighted by atomic mass is 10.1. The Kier molecular flexibility index (Phi) is 8.87. The van der Waals surface area contributed by atoms with Gasteiger partial charge >= 0.3 is 0 Å². The van der Waals surface area contributed by atoms with E-state index >= 15 is 0 Å². The second kappa shape index (κ2) is 10.5. The zero-order valence-electron chi connectivity index (χ0n) is 13.8. The Morgan fingerprint density at radius 1 is 1.10 bits per heavy atom. The Morgan fingerprint density at radius 3 is 2.57 bits per heavy atom. The van der Waals surface area contributed by atoms with Gasteiger partial charge in [0.15, 0.2) is 11.5 Å². The zero-order chi connectivity index (χ0) is 15.5. The van der Waals surface area contributed by atoms with Crippen molar-refractivity contribution in [2.24, 2.45) is 5.92 Å². The Morgan fingerprint density at radius 2 is 1.90 bits per heavy atom. The molecule has 0 radical (unpaired) electrons. The maximum atomic E-state index is 5.83. The highest BCUT2D eigenvalue weighted by atomic mass is 16.5. The van der Waals surface area contributed by atoms with Crippen LogP contribution in [0.4, 0.5) is 0 Å². The van der Waals surface area contributed by atoms with E-state index in [0.717, 1.165) is 37.6 Å². The Bertz CT molecular complexity index is 394. The van der Waals surface area contributed by atoms with Gasteiger partial charge in [-0.3, -0.25) is 0 Å². The van der Waals surface area contributed by atoms with E-state index in [-0.39, 0.29) is 0 Å². The lowest BCUT2D eigenvalue weighted by Gasteiger charge is -2.14. The molecule has 0 heterocycles. The van der Waals surface area contributed by atoms with Gasteiger partial charge in [0.1, 0.15) is 0 Å². The average Bonchev–Trinajstić information content (AvgIpc) is 2.45. The van der Waals surface area contributed by atoms with Crippen LogP contribution in [0.5, 0.6) is 11.5 Å². The molecule has 0 aliphatic carbocycles. The quantitative estimate of drug-likeness (QED) is 0.636. The maximum Gasteiger partial charge on any atom is 0.161 e. The van der Waals surface area contributed by atoms with Gasteiger partial charge in [-0.15, -0.1) is 0 Å². The van der Waals surface area contributed by atoms with Crippen molar-refractivity contribution >= 4 is 0 Å². The molecule has 0 unspecified atom stereocenters. The molecular formula is C17H29NO3. The van der Waals surface area contributed by atoms with Gasteiger partial charge in [-0.2, -0.15) is 0 Å². The first-order valence-electron chi connectivity index (χ1n) is 7.75. The summed E-state index contributed by atoms with van der Waals surface area (Å²) >= 11 is 0. The molecule has 4 heteroatoms. The highest BCUT2D eigenvalue weighted by molar-refractivity contribution is 5.43. The van der Waals surface area contributed by atoms with Gasteiger partial charge in [-0.25, -0.2) is 0 Å². The molecule has 1 aromatic carbocycles. The topological polar surface area (TPSA) is 39.7 Å². The molecule has 0 amide bonds. The van der Waals surface area contributed by atoms with Gasteiger partial charge in [-0.1, -0.05) is 19.9 Å². The fourth-order valence-corrected chi connectivity index (χ4v) is 1.86. The van der Waals surface area contributed by atoms with E-state index < -0.39 is 0 Å². The van der Waals surface area contributed by atoms with Crippen LogP contribution in [0.2, 0.25) is 0 Å². The van der Waals surface area contributed by atoms with E-state index in [9.17, 15) is 0 Å². The first-order chi connectivity index (χ1) is 10.2. The molecule has 0 spiro atoms. The number of methoxy groups -OCH3 is 1. The van der Waals surface area contributed by atoms with E-state index in [1.165, 1.54) is 5.56 Å². The highest BCUT2D eigenvalue weighted by Crippen LogP contribution is 2.28. The molecule has 0 bridgehead atoms. The van der Waals surface area contributed by atoms with Crippen LogP contribution >= 0.6 is 0 Å². The van der Waals surface area contributed by atoms with Crippen molar-refractivity contribution in [2.45, 2.75) is 33.7 Å². The minimum absolute atomic E-state index is 0.640. The fraction of sp³-hybridized carbons (Fsp3) is 0.647. The molecule has 1 aromatic rings. The highest BCUT2D eigenvalue weighted by Gasteiger charge is 2.07. The maximum absolute atomic E-state index is 5.83. The predicted molar refractivity (Wildman–Crippen MR) is 86.1 cm³/mol. The van der Waals surface area contributed by atoms with Crippen LogP contribution in [0.15, 0.2) is 18.2 Å². The van der Waals surface area contributed by atoms with Gasteiger partial charge in [0.2, 0.25) is 0 Å². The van der Waals surface area contributed by atoms with Crippen molar-refractivity contribution in [1.82, 2.24) is 5.32 Å². The van der Waals surface area contributed by atoms with Crippen LogP contribution in [-0.2, 0) is 11.3 Å². The summed E-state index contributed by atoms with van der Waals surface area (Å²) in [7, 11) is 1.71. The van der Waals surface area contributed by atoms with E-state index in [0.29, 0.717) is 19.1 Å². The summed E-state index contributed by atoms with van der Waals surface area (Å²) in [6.07, 6.45) is 1.05. The SMILES string of the molecule is CCOc1cc(CNCCOC)ccc1OCCC(C)C. The monoisotopic (exact) mass is 295 g/mol. The molecule has 1 N–H and O–H groups in total. The van der Waals surface area contributed by atoms with Gasteiger partial charge in [-0.05, 0) is 37.0 Å².